The molecular weight excluding hydrogens is 344 g/mol. The minimum atomic E-state index is -0.354. The predicted octanol–water partition coefficient (Wildman–Crippen LogP) is 4.70. The number of ether oxygens (including phenoxy) is 2. The van der Waals surface area contributed by atoms with E-state index in [4.69, 9.17) is 13.9 Å². The molecule has 0 spiro atoms. The van der Waals surface area contributed by atoms with Gasteiger partial charge in [0.25, 0.3) is 0 Å². The Balaban J connectivity index is 1.54. The maximum atomic E-state index is 12.0. The van der Waals surface area contributed by atoms with Gasteiger partial charge in [-0.25, -0.2) is 0 Å². The Kier molecular flexibility index (Phi) is 5.71. The summed E-state index contributed by atoms with van der Waals surface area (Å²) in [7, 11) is 1.62. The average Bonchev–Trinajstić information content (AvgIpc) is 3.16. The number of benzene rings is 2. The van der Waals surface area contributed by atoms with Gasteiger partial charge in [0, 0.05) is 17.5 Å². The second-order valence-electron chi connectivity index (χ2n) is 6.05. The van der Waals surface area contributed by atoms with Gasteiger partial charge in [-0.15, -0.1) is 0 Å². The number of hydrogen-bond acceptors (Lipinski definition) is 5. The number of furan rings is 1. The Morgan fingerprint density at radius 1 is 0.889 bits per heavy atom. The van der Waals surface area contributed by atoms with Gasteiger partial charge in [0.05, 0.1) is 13.5 Å². The topological polar surface area (TPSA) is 65.7 Å². The van der Waals surface area contributed by atoms with E-state index in [0.29, 0.717) is 23.5 Å². The van der Waals surface area contributed by atoms with E-state index >= 15 is 0 Å². The summed E-state index contributed by atoms with van der Waals surface area (Å²) in [6.45, 7) is 1.49. The largest absolute Gasteiger partial charge is 0.497 e. The highest BCUT2D eigenvalue weighted by Gasteiger charge is 2.10. The number of aryl methyl sites for hydroxylation is 1. The third-order valence-corrected chi connectivity index (χ3v) is 4.10. The molecule has 0 bridgehead atoms. The van der Waals surface area contributed by atoms with Crippen molar-refractivity contribution in [2.75, 3.05) is 7.11 Å². The van der Waals surface area contributed by atoms with Gasteiger partial charge in [0.2, 0.25) is 0 Å². The molecule has 0 N–H and O–H groups in total. The van der Waals surface area contributed by atoms with Crippen LogP contribution in [0.3, 0.4) is 0 Å². The number of rotatable bonds is 7. The van der Waals surface area contributed by atoms with Crippen molar-refractivity contribution in [3.63, 3.8) is 0 Å². The summed E-state index contributed by atoms with van der Waals surface area (Å²) in [5.41, 5.74) is 1.52. The molecule has 5 nitrogen and oxygen atoms in total. The van der Waals surface area contributed by atoms with Crippen molar-refractivity contribution in [1.82, 2.24) is 0 Å². The van der Waals surface area contributed by atoms with Crippen LogP contribution >= 0.6 is 0 Å². The van der Waals surface area contributed by atoms with Crippen molar-refractivity contribution >= 4 is 11.8 Å². The summed E-state index contributed by atoms with van der Waals surface area (Å²) in [5, 5.41) is 0. The fourth-order valence-electron chi connectivity index (χ4n) is 2.59. The molecule has 0 amide bonds. The van der Waals surface area contributed by atoms with Crippen LogP contribution in [0.25, 0.3) is 11.3 Å². The first-order valence-electron chi connectivity index (χ1n) is 8.60. The molecule has 1 heterocycles. The second kappa shape index (κ2) is 8.36. The van der Waals surface area contributed by atoms with Crippen LogP contribution in [0.2, 0.25) is 0 Å². The Labute approximate surface area is 157 Å². The molecule has 0 unspecified atom stereocenters. The van der Waals surface area contributed by atoms with E-state index in [1.807, 2.05) is 36.4 Å². The molecule has 2 aromatic carbocycles. The van der Waals surface area contributed by atoms with Gasteiger partial charge in [-0.2, -0.15) is 0 Å². The molecule has 0 aliphatic rings. The molecule has 1 aromatic heterocycles. The van der Waals surface area contributed by atoms with Crippen molar-refractivity contribution in [3.8, 4) is 22.8 Å². The fourth-order valence-corrected chi connectivity index (χ4v) is 2.59. The molecule has 0 fully saturated rings. The predicted molar refractivity (Wildman–Crippen MR) is 101 cm³/mol. The number of esters is 1. The van der Waals surface area contributed by atoms with Crippen molar-refractivity contribution in [1.29, 1.82) is 0 Å². The van der Waals surface area contributed by atoms with E-state index in [-0.39, 0.29) is 18.2 Å². The maximum absolute atomic E-state index is 12.0. The average molecular weight is 364 g/mol. The third kappa shape index (κ3) is 4.85. The van der Waals surface area contributed by atoms with Crippen molar-refractivity contribution < 1.29 is 23.5 Å². The molecule has 27 heavy (non-hydrogen) atoms. The van der Waals surface area contributed by atoms with Crippen LogP contribution in [0.1, 0.15) is 29.5 Å². The summed E-state index contributed by atoms with van der Waals surface area (Å²) in [6.07, 6.45) is 0.643. The molecule has 3 aromatic rings. The SMILES string of the molecule is COc1ccc(-c2ccc(CCC(=O)Oc3ccc(C(C)=O)cc3)o2)cc1. The third-order valence-electron chi connectivity index (χ3n) is 4.10. The highest BCUT2D eigenvalue weighted by Crippen LogP contribution is 2.25. The molecule has 138 valence electrons. The lowest BCUT2D eigenvalue weighted by Gasteiger charge is -2.04. The zero-order chi connectivity index (χ0) is 19.2. The Morgan fingerprint density at radius 2 is 1.56 bits per heavy atom. The first kappa shape index (κ1) is 18.5. The van der Waals surface area contributed by atoms with E-state index in [9.17, 15) is 9.59 Å². The standard InChI is InChI=1S/C22H20O5/c1-15(23)16-3-9-20(10-4-16)27-22(24)14-12-19-11-13-21(26-19)17-5-7-18(25-2)8-6-17/h3-11,13H,12,14H2,1-2H3. The van der Waals surface area contributed by atoms with Crippen LogP contribution in [0, 0.1) is 0 Å². The number of ketones is 1. The van der Waals surface area contributed by atoms with Crippen LogP contribution in [0.4, 0.5) is 0 Å². The lowest BCUT2D eigenvalue weighted by molar-refractivity contribution is -0.134. The van der Waals surface area contributed by atoms with Crippen molar-refractivity contribution in [2.45, 2.75) is 19.8 Å². The van der Waals surface area contributed by atoms with E-state index in [1.54, 1.807) is 31.4 Å². The van der Waals surface area contributed by atoms with Gasteiger partial charge < -0.3 is 13.9 Å². The van der Waals surface area contributed by atoms with E-state index < -0.39 is 0 Å². The van der Waals surface area contributed by atoms with Crippen LogP contribution in [0.15, 0.2) is 65.1 Å². The van der Waals surface area contributed by atoms with Gasteiger partial charge in [0.15, 0.2) is 5.78 Å². The summed E-state index contributed by atoms with van der Waals surface area (Å²) in [5.74, 6) is 2.27. The highest BCUT2D eigenvalue weighted by atomic mass is 16.5. The van der Waals surface area contributed by atoms with Crippen LogP contribution < -0.4 is 9.47 Å². The quantitative estimate of drug-likeness (QED) is 0.345. The van der Waals surface area contributed by atoms with Gasteiger partial charge in [-0.05, 0) is 67.6 Å². The van der Waals surface area contributed by atoms with Crippen molar-refractivity contribution in [3.05, 3.63) is 72.0 Å². The molecule has 0 aliphatic heterocycles. The number of carbonyl (C=O) groups excluding carboxylic acids is 2. The molecular formula is C22H20O5. The Bertz CT molecular complexity index is 920. The number of hydrogen-bond donors (Lipinski definition) is 0. The Hall–Kier alpha value is -3.34. The normalized spacial score (nSPS) is 10.4. The highest BCUT2D eigenvalue weighted by molar-refractivity contribution is 5.94. The number of Topliss-reactive ketones (excluding diaryl/α,β-unsaturated/α-hetero) is 1. The molecule has 0 aliphatic carbocycles. The van der Waals surface area contributed by atoms with Crippen LogP contribution in [0.5, 0.6) is 11.5 Å². The molecule has 5 heteroatoms. The van der Waals surface area contributed by atoms with E-state index in [0.717, 1.165) is 17.1 Å². The summed E-state index contributed by atoms with van der Waals surface area (Å²) in [4.78, 5) is 23.3. The van der Waals surface area contributed by atoms with Crippen molar-refractivity contribution in [2.24, 2.45) is 0 Å². The maximum Gasteiger partial charge on any atom is 0.311 e. The van der Waals surface area contributed by atoms with E-state index in [2.05, 4.69) is 0 Å². The molecule has 0 radical (unpaired) electrons. The zero-order valence-electron chi connectivity index (χ0n) is 15.2. The van der Waals surface area contributed by atoms with E-state index in [1.165, 1.54) is 6.92 Å². The smallest absolute Gasteiger partial charge is 0.311 e. The number of methoxy groups -OCH3 is 1. The molecule has 0 saturated heterocycles. The summed E-state index contributed by atoms with van der Waals surface area (Å²) in [6, 6.07) is 17.8. The lowest BCUT2D eigenvalue weighted by atomic mass is 10.1. The first-order valence-corrected chi connectivity index (χ1v) is 8.60. The van der Waals surface area contributed by atoms with Crippen LogP contribution in [-0.2, 0) is 11.2 Å². The van der Waals surface area contributed by atoms with Gasteiger partial charge in [-0.1, -0.05) is 0 Å². The van der Waals surface area contributed by atoms with Gasteiger partial charge >= 0.3 is 5.97 Å². The molecule has 0 saturated carbocycles. The summed E-state index contributed by atoms with van der Waals surface area (Å²) >= 11 is 0. The lowest BCUT2D eigenvalue weighted by Crippen LogP contribution is -2.09. The monoisotopic (exact) mass is 364 g/mol. The van der Waals surface area contributed by atoms with Crippen LogP contribution in [-0.4, -0.2) is 18.9 Å². The Morgan fingerprint density at radius 3 is 2.19 bits per heavy atom. The minimum Gasteiger partial charge on any atom is -0.497 e. The molecule has 0 atom stereocenters. The summed E-state index contributed by atoms with van der Waals surface area (Å²) < 4.78 is 16.2. The van der Waals surface area contributed by atoms with Gasteiger partial charge in [0.1, 0.15) is 23.0 Å². The fraction of sp³-hybridized carbons (Fsp3) is 0.182. The first-order chi connectivity index (χ1) is 13.0. The zero-order valence-corrected chi connectivity index (χ0v) is 15.2. The number of carbonyl (C=O) groups is 2. The second-order valence-corrected chi connectivity index (χ2v) is 6.05. The van der Waals surface area contributed by atoms with Gasteiger partial charge in [-0.3, -0.25) is 9.59 Å². The minimum absolute atomic E-state index is 0.0293. The molecule has 3 rings (SSSR count).